The van der Waals surface area contributed by atoms with Gasteiger partial charge in [0.05, 0.1) is 23.8 Å². The van der Waals surface area contributed by atoms with Gasteiger partial charge in [-0.05, 0) is 23.8 Å². The van der Waals surface area contributed by atoms with Gasteiger partial charge in [0.1, 0.15) is 6.61 Å². The monoisotopic (exact) mass is 475 g/mol. The maximum absolute atomic E-state index is 13.1. The molecule has 6 nitrogen and oxygen atoms in total. The molecule has 0 atom stereocenters. The molecule has 1 fully saturated rings. The number of cyclic esters (lactones) is 1. The summed E-state index contributed by atoms with van der Waals surface area (Å²) < 4.78 is 4.94. The van der Waals surface area contributed by atoms with Crippen LogP contribution < -0.4 is 4.90 Å². The molecule has 0 bridgehead atoms. The zero-order valence-electron chi connectivity index (χ0n) is 16.5. The third-order valence-electron chi connectivity index (χ3n) is 4.86. The van der Waals surface area contributed by atoms with E-state index < -0.39 is 0 Å². The Morgan fingerprint density at radius 3 is 2.71 bits per heavy atom. The van der Waals surface area contributed by atoms with E-state index in [1.165, 1.54) is 11.3 Å². The van der Waals surface area contributed by atoms with Crippen LogP contribution >= 0.6 is 34.5 Å². The molecule has 3 aromatic rings. The molecular weight excluding hydrogens is 457 g/mol. The first-order valence-electron chi connectivity index (χ1n) is 9.68. The second kappa shape index (κ2) is 9.68. The average molecular weight is 476 g/mol. The van der Waals surface area contributed by atoms with Gasteiger partial charge < -0.3 is 9.64 Å². The Balaban J connectivity index is 1.57. The lowest BCUT2D eigenvalue weighted by atomic mass is 10.2. The molecule has 2 aromatic carbocycles. The molecule has 0 aliphatic carbocycles. The predicted molar refractivity (Wildman–Crippen MR) is 123 cm³/mol. The van der Waals surface area contributed by atoms with Gasteiger partial charge in [-0.15, -0.1) is 11.3 Å². The highest BCUT2D eigenvalue weighted by Crippen LogP contribution is 2.34. The topological polar surface area (TPSA) is 62.7 Å². The van der Waals surface area contributed by atoms with Crippen LogP contribution in [-0.2, 0) is 16.1 Å². The van der Waals surface area contributed by atoms with Crippen molar-refractivity contribution in [3.63, 3.8) is 0 Å². The smallest absolute Gasteiger partial charge is 0.409 e. The second-order valence-electron chi connectivity index (χ2n) is 6.96. The number of ether oxygens (including phenoxy) is 1. The number of carbonyl (C=O) groups is 2. The van der Waals surface area contributed by atoms with Crippen molar-refractivity contribution in [3.05, 3.63) is 69.5 Å². The van der Waals surface area contributed by atoms with E-state index in [0.717, 1.165) is 11.1 Å². The van der Waals surface area contributed by atoms with E-state index in [9.17, 15) is 9.59 Å². The van der Waals surface area contributed by atoms with Crippen molar-refractivity contribution in [1.29, 1.82) is 0 Å². The largest absolute Gasteiger partial charge is 0.448 e. The quantitative estimate of drug-likeness (QED) is 0.452. The van der Waals surface area contributed by atoms with E-state index >= 15 is 0 Å². The maximum Gasteiger partial charge on any atom is 0.409 e. The second-order valence-corrected chi connectivity index (χ2v) is 8.64. The molecular formula is C22H19Cl2N3O3S. The van der Waals surface area contributed by atoms with Gasteiger partial charge in [-0.25, -0.2) is 9.78 Å². The van der Waals surface area contributed by atoms with Crippen LogP contribution in [-0.4, -0.2) is 41.6 Å². The number of nitrogens with zero attached hydrogens (tertiary/aromatic N) is 3. The van der Waals surface area contributed by atoms with Crippen molar-refractivity contribution in [3.8, 4) is 11.3 Å². The summed E-state index contributed by atoms with van der Waals surface area (Å²) in [6.07, 6.45) is -0.199. The van der Waals surface area contributed by atoms with E-state index in [0.29, 0.717) is 47.1 Å². The third-order valence-corrected chi connectivity index (χ3v) is 6.27. The molecule has 160 valence electrons. The van der Waals surface area contributed by atoms with Gasteiger partial charge >= 0.3 is 6.09 Å². The summed E-state index contributed by atoms with van der Waals surface area (Å²) in [5.74, 6) is -0.119. The van der Waals surface area contributed by atoms with Crippen molar-refractivity contribution in [2.45, 2.75) is 13.0 Å². The molecule has 4 rings (SSSR count). The zero-order valence-corrected chi connectivity index (χ0v) is 18.8. The number of thiazole rings is 1. The van der Waals surface area contributed by atoms with E-state index in [1.807, 2.05) is 41.8 Å². The fraction of sp³-hybridized carbons (Fsp3) is 0.227. The highest BCUT2D eigenvalue weighted by molar-refractivity contribution is 7.14. The fourth-order valence-electron chi connectivity index (χ4n) is 3.23. The minimum Gasteiger partial charge on any atom is -0.448 e. The molecule has 1 saturated heterocycles. The molecule has 0 N–H and O–H groups in total. The molecule has 0 spiro atoms. The molecule has 1 aromatic heterocycles. The highest BCUT2D eigenvalue weighted by Gasteiger charge is 2.25. The molecule has 31 heavy (non-hydrogen) atoms. The number of halogens is 2. The van der Waals surface area contributed by atoms with Gasteiger partial charge in [-0.3, -0.25) is 9.69 Å². The summed E-state index contributed by atoms with van der Waals surface area (Å²) in [6, 6.07) is 14.9. The first kappa shape index (κ1) is 21.6. The number of benzene rings is 2. The van der Waals surface area contributed by atoms with Crippen LogP contribution in [0, 0.1) is 0 Å². The number of rotatable bonds is 7. The highest BCUT2D eigenvalue weighted by atomic mass is 35.5. The average Bonchev–Trinajstić information content (AvgIpc) is 3.40. The Morgan fingerprint density at radius 1 is 1.19 bits per heavy atom. The number of hydrogen-bond donors (Lipinski definition) is 0. The molecule has 9 heteroatoms. The van der Waals surface area contributed by atoms with Crippen LogP contribution in [0.5, 0.6) is 0 Å². The Bertz CT molecular complexity index is 1090. The number of aromatic nitrogens is 1. The van der Waals surface area contributed by atoms with Crippen molar-refractivity contribution in [2.75, 3.05) is 24.6 Å². The van der Waals surface area contributed by atoms with Crippen LogP contribution in [0.4, 0.5) is 9.93 Å². The summed E-state index contributed by atoms with van der Waals surface area (Å²) in [5.41, 5.74) is 2.41. The van der Waals surface area contributed by atoms with Crippen LogP contribution in [0.1, 0.15) is 12.0 Å². The van der Waals surface area contributed by atoms with Crippen molar-refractivity contribution < 1.29 is 14.3 Å². The summed E-state index contributed by atoms with van der Waals surface area (Å²) in [5, 5.41) is 3.48. The van der Waals surface area contributed by atoms with Gasteiger partial charge in [0.25, 0.3) is 0 Å². The number of amides is 2. The minimum absolute atomic E-state index is 0.119. The molecule has 0 radical (unpaired) electrons. The molecule has 0 unspecified atom stereocenters. The standard InChI is InChI=1S/C22H19Cl2N3O3S/c23-16-6-7-17(18(24)12-16)19-14-31-21(25-19)27(13-15-4-2-1-3-5-15)20(28)8-9-26-10-11-30-22(26)29/h1-7,12,14H,8-11,13H2. The summed E-state index contributed by atoms with van der Waals surface area (Å²) in [6.45, 7) is 1.55. The van der Waals surface area contributed by atoms with Gasteiger partial charge in [0.15, 0.2) is 5.13 Å². The Hall–Kier alpha value is -2.61. The Labute approximate surface area is 194 Å². The lowest BCUT2D eigenvalue weighted by Gasteiger charge is -2.21. The lowest BCUT2D eigenvalue weighted by molar-refractivity contribution is -0.118. The molecule has 1 aliphatic rings. The molecule has 2 amide bonds. The predicted octanol–water partition coefficient (Wildman–Crippen LogP) is 5.49. The summed E-state index contributed by atoms with van der Waals surface area (Å²) in [7, 11) is 0. The van der Waals surface area contributed by atoms with E-state index in [-0.39, 0.29) is 18.4 Å². The van der Waals surface area contributed by atoms with Crippen LogP contribution in [0.15, 0.2) is 53.9 Å². The van der Waals surface area contributed by atoms with Gasteiger partial charge in [-0.2, -0.15) is 0 Å². The van der Waals surface area contributed by atoms with E-state index in [4.69, 9.17) is 27.9 Å². The van der Waals surface area contributed by atoms with Gasteiger partial charge in [0.2, 0.25) is 5.91 Å². The molecule has 0 saturated carbocycles. The lowest BCUT2D eigenvalue weighted by Crippen LogP contribution is -2.34. The SMILES string of the molecule is O=C1OCCN1CCC(=O)N(Cc1ccccc1)c1nc(-c2ccc(Cl)cc2Cl)cs1. The van der Waals surface area contributed by atoms with Crippen molar-refractivity contribution in [2.24, 2.45) is 0 Å². The van der Waals surface area contributed by atoms with Crippen LogP contribution in [0.3, 0.4) is 0 Å². The van der Waals surface area contributed by atoms with Crippen LogP contribution in [0.25, 0.3) is 11.3 Å². The zero-order chi connectivity index (χ0) is 21.8. The maximum atomic E-state index is 13.1. The third kappa shape index (κ3) is 5.18. The fourth-order valence-corrected chi connectivity index (χ4v) is 4.58. The van der Waals surface area contributed by atoms with E-state index in [2.05, 4.69) is 4.98 Å². The van der Waals surface area contributed by atoms with Gasteiger partial charge in [0, 0.05) is 28.9 Å². The summed E-state index contributed by atoms with van der Waals surface area (Å²) >= 11 is 13.7. The number of carbonyl (C=O) groups excluding carboxylic acids is 2. The molecule has 1 aliphatic heterocycles. The number of anilines is 1. The van der Waals surface area contributed by atoms with Crippen LogP contribution in [0.2, 0.25) is 10.0 Å². The summed E-state index contributed by atoms with van der Waals surface area (Å²) in [4.78, 5) is 32.7. The van der Waals surface area contributed by atoms with Crippen molar-refractivity contribution >= 4 is 51.7 Å². The Kier molecular flexibility index (Phi) is 6.75. The normalized spacial score (nSPS) is 13.4. The number of hydrogen-bond acceptors (Lipinski definition) is 5. The first-order chi connectivity index (χ1) is 15.0. The van der Waals surface area contributed by atoms with Crippen molar-refractivity contribution in [1.82, 2.24) is 9.88 Å². The Morgan fingerprint density at radius 2 is 2.00 bits per heavy atom. The molecule has 2 heterocycles. The minimum atomic E-state index is -0.378. The first-order valence-corrected chi connectivity index (χ1v) is 11.3. The van der Waals surface area contributed by atoms with E-state index in [1.54, 1.807) is 21.9 Å². The van der Waals surface area contributed by atoms with Gasteiger partial charge in [-0.1, -0.05) is 53.5 Å².